The van der Waals surface area contributed by atoms with Gasteiger partial charge < -0.3 is 15.0 Å². The Morgan fingerprint density at radius 1 is 1.00 bits per heavy atom. The van der Waals surface area contributed by atoms with Crippen molar-refractivity contribution in [2.24, 2.45) is 0 Å². The van der Waals surface area contributed by atoms with Gasteiger partial charge in [-0.1, -0.05) is 32.9 Å². The van der Waals surface area contributed by atoms with Gasteiger partial charge in [0.25, 0.3) is 5.91 Å². The summed E-state index contributed by atoms with van der Waals surface area (Å²) in [5, 5.41) is 2.71. The Hall–Kier alpha value is -3.46. The summed E-state index contributed by atoms with van der Waals surface area (Å²) in [6, 6.07) is 11.7. The first-order chi connectivity index (χ1) is 16.9. The van der Waals surface area contributed by atoms with Gasteiger partial charge >= 0.3 is 6.18 Å². The van der Waals surface area contributed by atoms with Gasteiger partial charge in [-0.25, -0.2) is 9.97 Å². The van der Waals surface area contributed by atoms with Crippen molar-refractivity contribution in [2.45, 2.75) is 39.3 Å². The molecule has 9 heteroatoms. The molecule has 2 heterocycles. The van der Waals surface area contributed by atoms with E-state index in [0.29, 0.717) is 24.7 Å². The fraction of sp³-hybridized carbons (Fsp3) is 0.370. The number of carbonyl (C=O) groups is 1. The molecular formula is C27H29F3N4O2. The quantitative estimate of drug-likeness (QED) is 0.488. The molecule has 1 aromatic heterocycles. The molecule has 0 unspecified atom stereocenters. The third-order valence-electron chi connectivity index (χ3n) is 6.00. The number of ether oxygens (including phenoxy) is 1. The van der Waals surface area contributed by atoms with Gasteiger partial charge in [-0.3, -0.25) is 4.79 Å². The Kier molecular flexibility index (Phi) is 7.04. The van der Waals surface area contributed by atoms with E-state index in [2.05, 4.69) is 31.0 Å². The lowest BCUT2D eigenvalue weighted by molar-refractivity contribution is -0.137. The van der Waals surface area contributed by atoms with Crippen molar-refractivity contribution in [3.8, 4) is 11.4 Å². The van der Waals surface area contributed by atoms with E-state index < -0.39 is 17.6 Å². The fourth-order valence-corrected chi connectivity index (χ4v) is 3.87. The van der Waals surface area contributed by atoms with E-state index in [1.807, 2.05) is 19.1 Å². The van der Waals surface area contributed by atoms with E-state index in [1.54, 1.807) is 12.1 Å². The van der Waals surface area contributed by atoms with E-state index >= 15 is 0 Å². The number of carbonyl (C=O) groups excluding carboxylic acids is 1. The number of morpholine rings is 1. The van der Waals surface area contributed by atoms with Crippen LogP contribution in [0.25, 0.3) is 11.4 Å². The molecule has 4 rings (SSSR count). The minimum Gasteiger partial charge on any atom is -0.378 e. The van der Waals surface area contributed by atoms with Crippen molar-refractivity contribution < 1.29 is 22.7 Å². The molecule has 3 aromatic rings. The number of benzene rings is 2. The number of aryl methyl sites for hydroxylation is 1. The molecule has 0 spiro atoms. The molecule has 0 radical (unpaired) electrons. The number of nitrogens with one attached hydrogen (secondary N) is 1. The van der Waals surface area contributed by atoms with Crippen LogP contribution in [0.3, 0.4) is 0 Å². The van der Waals surface area contributed by atoms with Crippen LogP contribution in [0, 0.1) is 6.92 Å². The average molecular weight is 499 g/mol. The van der Waals surface area contributed by atoms with Crippen molar-refractivity contribution in [2.75, 3.05) is 36.5 Å². The molecule has 1 amide bonds. The lowest BCUT2D eigenvalue weighted by Gasteiger charge is -2.29. The average Bonchev–Trinajstić information content (AvgIpc) is 2.84. The van der Waals surface area contributed by atoms with E-state index in [0.717, 1.165) is 47.9 Å². The Morgan fingerprint density at radius 2 is 1.72 bits per heavy atom. The maximum absolute atomic E-state index is 13.1. The summed E-state index contributed by atoms with van der Waals surface area (Å²) in [5.74, 6) is 0.705. The van der Waals surface area contributed by atoms with Crippen LogP contribution in [0.2, 0.25) is 0 Å². The lowest BCUT2D eigenvalue weighted by atomic mass is 9.91. The van der Waals surface area contributed by atoms with Crippen LogP contribution in [0.15, 0.2) is 48.5 Å². The predicted octanol–water partition coefficient (Wildman–Crippen LogP) is 5.86. The van der Waals surface area contributed by atoms with E-state index in [4.69, 9.17) is 14.7 Å². The summed E-state index contributed by atoms with van der Waals surface area (Å²) in [7, 11) is 0. The van der Waals surface area contributed by atoms with Gasteiger partial charge in [0.1, 0.15) is 5.82 Å². The van der Waals surface area contributed by atoms with Crippen molar-refractivity contribution >= 4 is 17.4 Å². The van der Waals surface area contributed by atoms with Gasteiger partial charge in [-0.05, 0) is 42.8 Å². The van der Waals surface area contributed by atoms with Crippen molar-refractivity contribution in [1.29, 1.82) is 0 Å². The number of hydrogen-bond acceptors (Lipinski definition) is 5. The summed E-state index contributed by atoms with van der Waals surface area (Å²) >= 11 is 0. The molecule has 0 aliphatic carbocycles. The minimum absolute atomic E-state index is 0.0764. The van der Waals surface area contributed by atoms with E-state index in [-0.39, 0.29) is 11.0 Å². The number of aromatic nitrogens is 2. The van der Waals surface area contributed by atoms with Crippen LogP contribution in [0.5, 0.6) is 0 Å². The maximum Gasteiger partial charge on any atom is 0.416 e. The first-order valence-corrected chi connectivity index (χ1v) is 11.7. The summed E-state index contributed by atoms with van der Waals surface area (Å²) in [6.45, 7) is 10.9. The van der Waals surface area contributed by atoms with Gasteiger partial charge in [0.15, 0.2) is 5.82 Å². The highest BCUT2D eigenvalue weighted by atomic mass is 19.4. The van der Waals surface area contributed by atoms with Gasteiger partial charge in [-0.2, -0.15) is 13.2 Å². The zero-order valence-electron chi connectivity index (χ0n) is 20.7. The molecule has 1 fully saturated rings. The second-order valence-electron chi connectivity index (χ2n) is 9.85. The first-order valence-electron chi connectivity index (χ1n) is 11.7. The van der Waals surface area contributed by atoms with Gasteiger partial charge in [0.05, 0.1) is 24.5 Å². The summed E-state index contributed by atoms with van der Waals surface area (Å²) < 4.78 is 44.7. The third-order valence-corrected chi connectivity index (χ3v) is 6.00. The number of alkyl halides is 3. The molecule has 2 aromatic carbocycles. The minimum atomic E-state index is -4.53. The summed E-state index contributed by atoms with van der Waals surface area (Å²) in [6.07, 6.45) is -4.53. The molecule has 0 bridgehead atoms. The van der Waals surface area contributed by atoms with Crippen LogP contribution in [-0.4, -0.2) is 42.2 Å². The second kappa shape index (κ2) is 9.89. The van der Waals surface area contributed by atoms with Crippen LogP contribution in [0.1, 0.15) is 48.0 Å². The molecule has 1 N–H and O–H groups in total. The number of nitrogens with zero attached hydrogens (tertiary/aromatic N) is 3. The number of halogens is 3. The van der Waals surface area contributed by atoms with Gasteiger partial charge in [0, 0.05) is 41.4 Å². The molecule has 190 valence electrons. The Bertz CT molecular complexity index is 1260. The second-order valence-corrected chi connectivity index (χ2v) is 9.85. The number of amides is 1. The zero-order chi connectivity index (χ0) is 26.1. The van der Waals surface area contributed by atoms with Crippen molar-refractivity contribution in [3.05, 3.63) is 70.9 Å². The highest BCUT2D eigenvalue weighted by molar-refractivity contribution is 6.04. The highest BCUT2D eigenvalue weighted by Gasteiger charge is 2.31. The molecule has 0 atom stereocenters. The van der Waals surface area contributed by atoms with Crippen molar-refractivity contribution in [1.82, 2.24) is 9.97 Å². The molecule has 0 saturated carbocycles. The molecule has 1 saturated heterocycles. The Morgan fingerprint density at radius 3 is 2.39 bits per heavy atom. The topological polar surface area (TPSA) is 67.4 Å². The van der Waals surface area contributed by atoms with Crippen LogP contribution < -0.4 is 10.2 Å². The first kappa shape index (κ1) is 25.6. The normalized spacial score (nSPS) is 14.6. The number of anilines is 2. The standard InChI is InChI=1S/C27H29F3N4O2/c1-17-8-9-20(31-25(35)18-6-5-7-19(14-18)27(28,29)30)15-21(17)24-32-22(26(2,3)4)16-23(33-24)34-10-12-36-13-11-34/h5-9,14-16H,10-13H2,1-4H3,(H,31,35). The van der Waals surface area contributed by atoms with Crippen LogP contribution in [0.4, 0.5) is 24.7 Å². The molecule has 36 heavy (non-hydrogen) atoms. The number of rotatable bonds is 4. The molecule has 6 nitrogen and oxygen atoms in total. The maximum atomic E-state index is 13.1. The number of hydrogen-bond donors (Lipinski definition) is 1. The lowest BCUT2D eigenvalue weighted by Crippen LogP contribution is -2.37. The summed E-state index contributed by atoms with van der Waals surface area (Å²) in [4.78, 5) is 24.6. The monoisotopic (exact) mass is 498 g/mol. The molecular weight excluding hydrogens is 469 g/mol. The van der Waals surface area contributed by atoms with E-state index in [9.17, 15) is 18.0 Å². The van der Waals surface area contributed by atoms with Gasteiger partial charge in [0.2, 0.25) is 0 Å². The molecule has 1 aliphatic rings. The highest BCUT2D eigenvalue weighted by Crippen LogP contribution is 2.32. The fourth-order valence-electron chi connectivity index (χ4n) is 3.87. The van der Waals surface area contributed by atoms with Crippen LogP contribution >= 0.6 is 0 Å². The van der Waals surface area contributed by atoms with Crippen molar-refractivity contribution in [3.63, 3.8) is 0 Å². The Balaban J connectivity index is 1.68. The van der Waals surface area contributed by atoms with Crippen LogP contribution in [-0.2, 0) is 16.3 Å². The molecule has 1 aliphatic heterocycles. The zero-order valence-corrected chi connectivity index (χ0v) is 20.7. The van der Waals surface area contributed by atoms with Gasteiger partial charge in [-0.15, -0.1) is 0 Å². The largest absolute Gasteiger partial charge is 0.416 e. The Labute approximate surface area is 208 Å². The smallest absolute Gasteiger partial charge is 0.378 e. The predicted molar refractivity (Wildman–Crippen MR) is 133 cm³/mol. The SMILES string of the molecule is Cc1ccc(NC(=O)c2cccc(C(F)(F)F)c2)cc1-c1nc(N2CCOCC2)cc(C(C)(C)C)n1. The summed E-state index contributed by atoms with van der Waals surface area (Å²) in [5.41, 5.74) is 1.79. The third kappa shape index (κ3) is 5.84. The van der Waals surface area contributed by atoms with E-state index in [1.165, 1.54) is 12.1 Å².